The van der Waals surface area contributed by atoms with E-state index in [1.54, 1.807) is 29.4 Å². The van der Waals surface area contributed by atoms with Crippen LogP contribution in [0.5, 0.6) is 0 Å². The summed E-state index contributed by atoms with van der Waals surface area (Å²) < 4.78 is 6.44. The van der Waals surface area contributed by atoms with E-state index in [-0.39, 0.29) is 11.9 Å². The molecule has 8 heteroatoms. The van der Waals surface area contributed by atoms with Crippen molar-refractivity contribution in [2.75, 3.05) is 5.32 Å². The number of hydrogen-bond acceptors (Lipinski definition) is 7. The number of rotatable bonds is 5. The lowest BCUT2D eigenvalue weighted by atomic mass is 10.2. The standard InChI is InChI=1S/C17H12N4O2S2/c22-16(11-6-7-13-14(8-11)25-10-18-13)19-17-21-20-15(23-17)9-24-12-4-2-1-3-5-12/h1-8,10H,9H2,(H,19,21,22). The fourth-order valence-corrected chi connectivity index (χ4v) is 3.66. The number of benzene rings is 2. The van der Waals surface area contributed by atoms with Gasteiger partial charge < -0.3 is 4.42 Å². The maximum absolute atomic E-state index is 12.3. The third-order valence-electron chi connectivity index (χ3n) is 3.39. The summed E-state index contributed by atoms with van der Waals surface area (Å²) in [7, 11) is 0. The number of nitrogens with zero attached hydrogens (tertiary/aromatic N) is 3. The lowest BCUT2D eigenvalue weighted by Gasteiger charge is -2.00. The predicted octanol–water partition coefficient (Wildman–Crippen LogP) is 4.22. The van der Waals surface area contributed by atoms with Crippen LogP contribution in [0.3, 0.4) is 0 Å². The zero-order valence-corrected chi connectivity index (χ0v) is 14.5. The number of thioether (sulfide) groups is 1. The Morgan fingerprint density at radius 3 is 2.92 bits per heavy atom. The minimum atomic E-state index is -0.291. The highest BCUT2D eigenvalue weighted by Crippen LogP contribution is 2.23. The van der Waals surface area contributed by atoms with Crippen molar-refractivity contribution in [3.05, 3.63) is 65.5 Å². The van der Waals surface area contributed by atoms with E-state index in [1.807, 2.05) is 36.4 Å². The maximum Gasteiger partial charge on any atom is 0.322 e. The second-order valence-corrected chi connectivity index (χ2v) is 7.03. The molecule has 0 bridgehead atoms. The van der Waals surface area contributed by atoms with Crippen molar-refractivity contribution >= 4 is 45.2 Å². The van der Waals surface area contributed by atoms with Gasteiger partial charge in [0, 0.05) is 10.5 Å². The van der Waals surface area contributed by atoms with Crippen molar-refractivity contribution in [1.29, 1.82) is 0 Å². The SMILES string of the molecule is O=C(Nc1nnc(CSc2ccccc2)o1)c1ccc2ncsc2c1. The van der Waals surface area contributed by atoms with E-state index in [0.717, 1.165) is 15.1 Å². The summed E-state index contributed by atoms with van der Waals surface area (Å²) in [5.41, 5.74) is 3.15. The number of aromatic nitrogens is 3. The Balaban J connectivity index is 1.40. The molecule has 0 aliphatic rings. The smallest absolute Gasteiger partial charge is 0.322 e. The highest BCUT2D eigenvalue weighted by molar-refractivity contribution is 7.98. The largest absolute Gasteiger partial charge is 0.407 e. The van der Waals surface area contributed by atoms with Gasteiger partial charge in [-0.3, -0.25) is 10.1 Å². The lowest BCUT2D eigenvalue weighted by molar-refractivity contribution is 0.102. The Kier molecular flexibility index (Phi) is 4.45. The summed E-state index contributed by atoms with van der Waals surface area (Å²) >= 11 is 3.08. The lowest BCUT2D eigenvalue weighted by Crippen LogP contribution is -2.11. The monoisotopic (exact) mass is 368 g/mol. The average Bonchev–Trinajstić information content (AvgIpc) is 3.29. The van der Waals surface area contributed by atoms with Gasteiger partial charge in [-0.05, 0) is 30.3 Å². The van der Waals surface area contributed by atoms with Crippen LogP contribution in [0.1, 0.15) is 16.2 Å². The summed E-state index contributed by atoms with van der Waals surface area (Å²) in [5, 5.41) is 10.5. The molecule has 124 valence electrons. The molecular formula is C17H12N4O2S2. The minimum absolute atomic E-state index is 0.0954. The molecule has 0 spiro atoms. The zero-order chi connectivity index (χ0) is 17.1. The summed E-state index contributed by atoms with van der Waals surface area (Å²) in [5.74, 6) is 0.711. The first-order chi connectivity index (χ1) is 12.3. The summed E-state index contributed by atoms with van der Waals surface area (Å²) in [6, 6.07) is 15.4. The van der Waals surface area contributed by atoms with Crippen LogP contribution >= 0.6 is 23.1 Å². The van der Waals surface area contributed by atoms with Crippen LogP contribution in [0.4, 0.5) is 6.01 Å². The molecule has 4 aromatic rings. The van der Waals surface area contributed by atoms with Gasteiger partial charge >= 0.3 is 6.01 Å². The molecule has 2 heterocycles. The van der Waals surface area contributed by atoms with Crippen molar-refractivity contribution in [2.24, 2.45) is 0 Å². The predicted molar refractivity (Wildman–Crippen MR) is 97.9 cm³/mol. The first-order valence-corrected chi connectivity index (χ1v) is 9.29. The molecule has 2 aromatic heterocycles. The van der Waals surface area contributed by atoms with Gasteiger partial charge in [0.25, 0.3) is 5.91 Å². The third kappa shape index (κ3) is 3.70. The number of anilines is 1. The second-order valence-electron chi connectivity index (χ2n) is 5.09. The first-order valence-electron chi connectivity index (χ1n) is 7.43. The van der Waals surface area contributed by atoms with Crippen LogP contribution in [0.25, 0.3) is 10.2 Å². The average molecular weight is 368 g/mol. The van der Waals surface area contributed by atoms with E-state index < -0.39 is 0 Å². The Bertz CT molecular complexity index is 1010. The molecule has 0 fully saturated rings. The van der Waals surface area contributed by atoms with E-state index >= 15 is 0 Å². The Morgan fingerprint density at radius 1 is 1.16 bits per heavy atom. The molecule has 0 saturated heterocycles. The van der Waals surface area contributed by atoms with Gasteiger partial charge in [-0.2, -0.15) is 0 Å². The number of fused-ring (bicyclic) bond motifs is 1. The molecule has 0 aliphatic heterocycles. The molecule has 25 heavy (non-hydrogen) atoms. The van der Waals surface area contributed by atoms with Crippen LogP contribution in [0.2, 0.25) is 0 Å². The first kappa shape index (κ1) is 15.8. The van der Waals surface area contributed by atoms with E-state index in [2.05, 4.69) is 20.5 Å². The molecule has 1 N–H and O–H groups in total. The minimum Gasteiger partial charge on any atom is -0.407 e. The third-order valence-corrected chi connectivity index (χ3v) is 5.17. The molecule has 0 radical (unpaired) electrons. The van der Waals surface area contributed by atoms with Gasteiger partial charge in [-0.1, -0.05) is 23.3 Å². The quantitative estimate of drug-likeness (QED) is 0.531. The van der Waals surface area contributed by atoms with Crippen LogP contribution in [-0.4, -0.2) is 21.1 Å². The zero-order valence-electron chi connectivity index (χ0n) is 12.9. The number of nitrogens with one attached hydrogen (secondary N) is 1. The molecule has 1 amide bonds. The van der Waals surface area contributed by atoms with Gasteiger partial charge in [-0.15, -0.1) is 28.2 Å². The van der Waals surface area contributed by atoms with Crippen molar-refractivity contribution in [2.45, 2.75) is 10.6 Å². The molecule has 4 rings (SSSR count). The Hall–Kier alpha value is -2.71. The topological polar surface area (TPSA) is 80.9 Å². The molecule has 0 saturated carbocycles. The van der Waals surface area contributed by atoms with Crippen LogP contribution < -0.4 is 5.32 Å². The number of hydrogen-bond donors (Lipinski definition) is 1. The molecule has 2 aromatic carbocycles. The summed E-state index contributed by atoms with van der Waals surface area (Å²) in [4.78, 5) is 17.6. The molecule has 0 unspecified atom stereocenters. The van der Waals surface area contributed by atoms with E-state index in [0.29, 0.717) is 17.2 Å². The van der Waals surface area contributed by atoms with E-state index in [1.165, 1.54) is 11.3 Å². The molecule has 0 atom stereocenters. The summed E-state index contributed by atoms with van der Waals surface area (Å²) in [6.45, 7) is 0. The van der Waals surface area contributed by atoms with Crippen molar-refractivity contribution in [3.63, 3.8) is 0 Å². The molecule has 0 aliphatic carbocycles. The van der Waals surface area contributed by atoms with Crippen molar-refractivity contribution in [3.8, 4) is 0 Å². The Labute approximate surface area is 151 Å². The van der Waals surface area contributed by atoms with E-state index in [4.69, 9.17) is 4.42 Å². The summed E-state index contributed by atoms with van der Waals surface area (Å²) in [6.07, 6.45) is 0. The van der Waals surface area contributed by atoms with E-state index in [9.17, 15) is 4.79 Å². The van der Waals surface area contributed by atoms with Gasteiger partial charge in [0.05, 0.1) is 21.5 Å². The van der Waals surface area contributed by atoms with Gasteiger partial charge in [-0.25, -0.2) is 4.98 Å². The fraction of sp³-hybridized carbons (Fsp3) is 0.0588. The molecular weight excluding hydrogens is 356 g/mol. The van der Waals surface area contributed by atoms with Crippen molar-refractivity contribution in [1.82, 2.24) is 15.2 Å². The number of carbonyl (C=O) groups is 1. The number of amides is 1. The molecule has 6 nitrogen and oxygen atoms in total. The van der Waals surface area contributed by atoms with Gasteiger partial charge in [0.2, 0.25) is 5.89 Å². The van der Waals surface area contributed by atoms with Gasteiger partial charge in [0.1, 0.15) is 0 Å². The number of carbonyl (C=O) groups excluding carboxylic acids is 1. The highest BCUT2D eigenvalue weighted by atomic mass is 32.2. The van der Waals surface area contributed by atoms with Crippen LogP contribution in [0.15, 0.2) is 63.4 Å². The number of thiazole rings is 1. The van der Waals surface area contributed by atoms with Crippen LogP contribution in [0, 0.1) is 0 Å². The fourth-order valence-electron chi connectivity index (χ4n) is 2.19. The van der Waals surface area contributed by atoms with Crippen molar-refractivity contribution < 1.29 is 9.21 Å². The normalized spacial score (nSPS) is 10.9. The maximum atomic E-state index is 12.3. The van der Waals surface area contributed by atoms with Crippen LogP contribution in [-0.2, 0) is 5.75 Å². The Morgan fingerprint density at radius 2 is 2.04 bits per heavy atom. The second kappa shape index (κ2) is 7.04. The highest BCUT2D eigenvalue weighted by Gasteiger charge is 2.13. The van der Waals surface area contributed by atoms with Gasteiger partial charge in [0.15, 0.2) is 0 Å².